The van der Waals surface area contributed by atoms with E-state index in [1.54, 1.807) is 0 Å². The molecule has 31 heavy (non-hydrogen) atoms. The first-order chi connectivity index (χ1) is 14.8. The van der Waals surface area contributed by atoms with E-state index in [2.05, 4.69) is 107 Å². The topological polar surface area (TPSA) is 9.23 Å². The molecule has 0 bridgehead atoms. The van der Waals surface area contributed by atoms with E-state index in [4.69, 9.17) is 4.74 Å². The Morgan fingerprint density at radius 2 is 1.65 bits per heavy atom. The first kappa shape index (κ1) is 21.9. The fourth-order valence-electron chi connectivity index (χ4n) is 5.79. The van der Waals surface area contributed by atoms with E-state index in [-0.39, 0.29) is 16.9 Å². The van der Waals surface area contributed by atoms with E-state index in [0.717, 1.165) is 18.6 Å². The summed E-state index contributed by atoms with van der Waals surface area (Å²) in [5.41, 5.74) is 2.75. The molecule has 164 valence electrons. The molecular weight excluding hydrogens is 376 g/mol. The minimum Gasteiger partial charge on any atom is -0.494 e. The molecule has 0 saturated heterocycles. The predicted octanol–water partition coefficient (Wildman–Crippen LogP) is 8.05. The molecule has 1 nitrogen and oxygen atoms in total. The maximum Gasteiger partial charge on any atom is 0.103 e. The molecule has 0 spiro atoms. The zero-order valence-electron chi connectivity index (χ0n) is 19.7. The second-order valence-electron chi connectivity index (χ2n) is 10.6. The maximum absolute atomic E-state index is 6.99. The highest BCUT2D eigenvalue weighted by atomic mass is 16.5. The van der Waals surface area contributed by atoms with Crippen LogP contribution in [0.1, 0.15) is 70.4 Å². The lowest BCUT2D eigenvalue weighted by Gasteiger charge is -2.45. The van der Waals surface area contributed by atoms with Crippen LogP contribution in [0, 0.1) is 17.3 Å². The van der Waals surface area contributed by atoms with Crippen LogP contribution in [0.15, 0.2) is 85.2 Å². The summed E-state index contributed by atoms with van der Waals surface area (Å²) in [5.74, 6) is 2.72. The zero-order valence-corrected chi connectivity index (χ0v) is 19.7. The number of rotatable bonds is 6. The van der Waals surface area contributed by atoms with Crippen LogP contribution >= 0.6 is 0 Å². The molecule has 2 aliphatic carbocycles. The number of hydrogen-bond donors (Lipinski definition) is 0. The molecular formula is C30H38O. The molecule has 5 atom stereocenters. The van der Waals surface area contributed by atoms with Crippen molar-refractivity contribution >= 4 is 0 Å². The van der Waals surface area contributed by atoms with Crippen LogP contribution in [0.3, 0.4) is 0 Å². The Labute approximate surface area is 189 Å². The average molecular weight is 415 g/mol. The fraction of sp³-hybridized carbons (Fsp3) is 0.467. The van der Waals surface area contributed by atoms with Crippen LogP contribution in [0.4, 0.5) is 0 Å². The van der Waals surface area contributed by atoms with Crippen molar-refractivity contribution in [3.05, 3.63) is 96.3 Å². The lowest BCUT2D eigenvalue weighted by Crippen LogP contribution is -2.43. The van der Waals surface area contributed by atoms with Crippen molar-refractivity contribution in [2.24, 2.45) is 17.3 Å². The van der Waals surface area contributed by atoms with Crippen LogP contribution in [0.5, 0.6) is 0 Å². The van der Waals surface area contributed by atoms with Crippen molar-refractivity contribution in [2.45, 2.75) is 70.8 Å². The molecule has 1 fully saturated rings. The summed E-state index contributed by atoms with van der Waals surface area (Å²) in [6, 6.07) is 21.8. The van der Waals surface area contributed by atoms with E-state index in [0.29, 0.717) is 17.8 Å². The molecule has 0 amide bonds. The Morgan fingerprint density at radius 1 is 1.00 bits per heavy atom. The quantitative estimate of drug-likeness (QED) is 0.434. The first-order valence-corrected chi connectivity index (χ1v) is 12.0. The van der Waals surface area contributed by atoms with Gasteiger partial charge in [-0.1, -0.05) is 93.9 Å². The Bertz CT molecular complexity index is 910. The van der Waals surface area contributed by atoms with Gasteiger partial charge in [0, 0.05) is 17.3 Å². The maximum atomic E-state index is 6.99. The van der Waals surface area contributed by atoms with E-state index >= 15 is 0 Å². The van der Waals surface area contributed by atoms with E-state index in [1.165, 1.54) is 24.0 Å². The molecule has 0 radical (unpaired) electrons. The van der Waals surface area contributed by atoms with Gasteiger partial charge < -0.3 is 4.74 Å². The summed E-state index contributed by atoms with van der Waals surface area (Å²) in [4.78, 5) is 0. The predicted molar refractivity (Wildman–Crippen MR) is 131 cm³/mol. The smallest absolute Gasteiger partial charge is 0.103 e. The normalized spacial score (nSPS) is 31.2. The monoisotopic (exact) mass is 414 g/mol. The number of allylic oxidation sites excluding steroid dienone is 2. The summed E-state index contributed by atoms with van der Waals surface area (Å²) in [7, 11) is 0. The van der Waals surface area contributed by atoms with Gasteiger partial charge in [0.2, 0.25) is 0 Å². The van der Waals surface area contributed by atoms with Crippen LogP contribution < -0.4 is 0 Å². The van der Waals surface area contributed by atoms with Crippen LogP contribution in [0.2, 0.25) is 0 Å². The van der Waals surface area contributed by atoms with Crippen LogP contribution in [-0.4, -0.2) is 6.10 Å². The van der Waals surface area contributed by atoms with E-state index in [9.17, 15) is 0 Å². The fourth-order valence-corrected chi connectivity index (χ4v) is 5.79. The summed E-state index contributed by atoms with van der Waals surface area (Å²) < 4.78 is 6.99. The van der Waals surface area contributed by atoms with Gasteiger partial charge in [0.25, 0.3) is 0 Å². The second-order valence-corrected chi connectivity index (χ2v) is 10.6. The highest BCUT2D eigenvalue weighted by Gasteiger charge is 2.44. The minimum atomic E-state index is -0.108. The van der Waals surface area contributed by atoms with Crippen molar-refractivity contribution in [1.29, 1.82) is 0 Å². The van der Waals surface area contributed by atoms with Gasteiger partial charge in [-0.25, -0.2) is 0 Å². The van der Waals surface area contributed by atoms with Crippen molar-refractivity contribution in [3.8, 4) is 0 Å². The molecule has 4 rings (SSSR count). The lowest BCUT2D eigenvalue weighted by molar-refractivity contribution is -0.0248. The lowest BCUT2D eigenvalue weighted by atomic mass is 9.64. The molecule has 3 unspecified atom stereocenters. The van der Waals surface area contributed by atoms with Gasteiger partial charge in [0.05, 0.1) is 0 Å². The van der Waals surface area contributed by atoms with Crippen molar-refractivity contribution in [3.63, 3.8) is 0 Å². The summed E-state index contributed by atoms with van der Waals surface area (Å²) in [5, 5.41) is 0. The molecule has 2 aromatic carbocycles. The van der Waals surface area contributed by atoms with Crippen molar-refractivity contribution in [1.82, 2.24) is 0 Å². The molecule has 0 aromatic heterocycles. The Hall–Kier alpha value is -2.28. The highest BCUT2D eigenvalue weighted by molar-refractivity contribution is 5.34. The van der Waals surface area contributed by atoms with E-state index < -0.39 is 0 Å². The summed E-state index contributed by atoms with van der Waals surface area (Å²) in [6.07, 6.45) is 9.37. The second kappa shape index (κ2) is 8.69. The minimum absolute atomic E-state index is 0.0780. The highest BCUT2D eigenvalue weighted by Crippen LogP contribution is 2.50. The molecule has 2 aliphatic rings. The van der Waals surface area contributed by atoms with Crippen LogP contribution in [-0.2, 0) is 10.2 Å². The number of ether oxygens (including phenoxy) is 1. The van der Waals surface area contributed by atoms with Gasteiger partial charge in [0.15, 0.2) is 0 Å². The third-order valence-corrected chi connectivity index (χ3v) is 8.01. The number of benzene rings is 2. The Morgan fingerprint density at radius 3 is 2.29 bits per heavy atom. The molecule has 1 saturated carbocycles. The number of hydrogen-bond acceptors (Lipinski definition) is 1. The molecule has 2 aromatic rings. The third-order valence-electron chi connectivity index (χ3n) is 8.01. The van der Waals surface area contributed by atoms with Gasteiger partial charge in [-0.3, -0.25) is 0 Å². The molecule has 0 heterocycles. The van der Waals surface area contributed by atoms with Gasteiger partial charge in [-0.2, -0.15) is 0 Å². The summed E-state index contributed by atoms with van der Waals surface area (Å²) in [6.45, 7) is 13.7. The standard InChI is InChI=1S/C30H38O/c1-6-30(5)21-24(23-13-9-7-10-14-23)20-28(30)31-27-19-22(2)17-18-26(27)29(3,4)25-15-11-8-12-16-25/h6-16,20,22,24,26-27H,1,17-19,21H2,2-5H3/t22?,24-,26?,27?,30-/m0/s1. The van der Waals surface area contributed by atoms with E-state index in [1.807, 2.05) is 0 Å². The summed E-state index contributed by atoms with van der Waals surface area (Å²) >= 11 is 0. The van der Waals surface area contributed by atoms with Gasteiger partial charge in [0.1, 0.15) is 11.9 Å². The third kappa shape index (κ3) is 4.38. The van der Waals surface area contributed by atoms with Crippen molar-refractivity contribution < 1.29 is 4.74 Å². The van der Waals surface area contributed by atoms with Gasteiger partial charge in [-0.15, -0.1) is 6.58 Å². The zero-order chi connectivity index (χ0) is 22.1. The SMILES string of the molecule is C=C[C@@]1(C)C[C@@H](c2ccccc2)C=C1OC1CC(C)CCC1C(C)(C)c1ccccc1. The average Bonchev–Trinajstić information content (AvgIpc) is 3.12. The van der Waals surface area contributed by atoms with Gasteiger partial charge in [-0.05, 0) is 54.7 Å². The Balaban J connectivity index is 1.63. The Kier molecular flexibility index (Phi) is 6.15. The first-order valence-electron chi connectivity index (χ1n) is 12.0. The van der Waals surface area contributed by atoms with Crippen LogP contribution in [0.25, 0.3) is 0 Å². The van der Waals surface area contributed by atoms with Gasteiger partial charge >= 0.3 is 0 Å². The molecule has 0 N–H and O–H groups in total. The largest absolute Gasteiger partial charge is 0.494 e. The molecule has 0 aliphatic heterocycles. The van der Waals surface area contributed by atoms with Crippen molar-refractivity contribution in [2.75, 3.05) is 0 Å². The molecule has 1 heteroatoms.